The number of piperidine rings is 2. The minimum absolute atomic E-state index is 0. The van der Waals surface area contributed by atoms with Gasteiger partial charge in [0.1, 0.15) is 0 Å². The molecule has 8 heteroatoms. The first-order valence-corrected chi connectivity index (χ1v) is 10.7. The van der Waals surface area contributed by atoms with Crippen molar-refractivity contribution in [3.8, 4) is 0 Å². The number of anilines is 1. The predicted octanol–water partition coefficient (Wildman–Crippen LogP) is 2.99. The highest BCUT2D eigenvalue weighted by atomic mass is 35.5. The molecule has 2 aliphatic heterocycles. The number of hydrogen-bond acceptors (Lipinski definition) is 4. The molecule has 4 N–H and O–H groups in total. The third-order valence-corrected chi connectivity index (χ3v) is 6.18. The number of hydrogen-bond donors (Lipinski definition) is 3. The zero-order valence-electron chi connectivity index (χ0n) is 17.6. The van der Waals surface area contributed by atoms with Gasteiger partial charge in [0.2, 0.25) is 11.8 Å². The number of nitrogens with one attached hydrogen (secondary N) is 2. The lowest BCUT2D eigenvalue weighted by Crippen LogP contribution is -2.39. The van der Waals surface area contributed by atoms with E-state index >= 15 is 0 Å². The van der Waals surface area contributed by atoms with Crippen LogP contribution in [0.15, 0.2) is 24.3 Å². The van der Waals surface area contributed by atoms with Crippen LogP contribution in [-0.4, -0.2) is 49.4 Å². The molecule has 0 unspecified atom stereocenters. The van der Waals surface area contributed by atoms with Crippen molar-refractivity contribution < 1.29 is 9.59 Å². The van der Waals surface area contributed by atoms with Gasteiger partial charge in [-0.3, -0.25) is 9.59 Å². The SMILES string of the molecule is Cl.Cl.NC(=O)C1CCN(CCc2ccc(NC(=O)CCC3CCNCC3)cc2)CC1. The summed E-state index contributed by atoms with van der Waals surface area (Å²) >= 11 is 0. The molecule has 0 atom stereocenters. The van der Waals surface area contributed by atoms with Gasteiger partial charge in [0.05, 0.1) is 0 Å². The molecule has 0 radical (unpaired) electrons. The highest BCUT2D eigenvalue weighted by Gasteiger charge is 2.22. The largest absolute Gasteiger partial charge is 0.369 e. The number of halogens is 2. The van der Waals surface area contributed by atoms with E-state index in [1.165, 1.54) is 18.4 Å². The highest BCUT2D eigenvalue weighted by molar-refractivity contribution is 5.90. The average molecular weight is 459 g/mol. The van der Waals surface area contributed by atoms with Gasteiger partial charge in [-0.1, -0.05) is 12.1 Å². The summed E-state index contributed by atoms with van der Waals surface area (Å²) in [5.74, 6) is 0.688. The van der Waals surface area contributed by atoms with E-state index in [9.17, 15) is 9.59 Å². The van der Waals surface area contributed by atoms with Gasteiger partial charge < -0.3 is 21.3 Å². The summed E-state index contributed by atoms with van der Waals surface area (Å²) in [6.45, 7) is 5.04. The van der Waals surface area contributed by atoms with Gasteiger partial charge in [-0.05, 0) is 88.3 Å². The minimum Gasteiger partial charge on any atom is -0.369 e. The summed E-state index contributed by atoms with van der Waals surface area (Å²) in [7, 11) is 0. The van der Waals surface area contributed by atoms with Gasteiger partial charge >= 0.3 is 0 Å². The third-order valence-electron chi connectivity index (χ3n) is 6.18. The Kier molecular flexibility index (Phi) is 12.3. The summed E-state index contributed by atoms with van der Waals surface area (Å²) in [6.07, 6.45) is 6.68. The second-order valence-corrected chi connectivity index (χ2v) is 8.25. The van der Waals surface area contributed by atoms with Crippen LogP contribution < -0.4 is 16.4 Å². The molecule has 0 aliphatic carbocycles. The Morgan fingerprint density at radius 3 is 2.27 bits per heavy atom. The first-order valence-electron chi connectivity index (χ1n) is 10.7. The lowest BCUT2D eigenvalue weighted by molar-refractivity contribution is -0.123. The summed E-state index contributed by atoms with van der Waals surface area (Å²) in [4.78, 5) is 25.8. The van der Waals surface area contributed by atoms with Crippen molar-refractivity contribution in [3.05, 3.63) is 29.8 Å². The van der Waals surface area contributed by atoms with E-state index < -0.39 is 0 Å². The van der Waals surface area contributed by atoms with E-state index in [0.717, 1.165) is 64.1 Å². The van der Waals surface area contributed by atoms with E-state index in [-0.39, 0.29) is 42.5 Å². The van der Waals surface area contributed by atoms with Crippen molar-refractivity contribution in [1.82, 2.24) is 10.2 Å². The van der Waals surface area contributed by atoms with Gasteiger partial charge in [0.15, 0.2) is 0 Å². The number of primary amides is 1. The Balaban J connectivity index is 0.00000225. The molecule has 1 aromatic rings. The normalized spacial score (nSPS) is 18.1. The Morgan fingerprint density at radius 2 is 1.67 bits per heavy atom. The van der Waals surface area contributed by atoms with Gasteiger partial charge in [0, 0.05) is 24.6 Å². The fourth-order valence-electron chi connectivity index (χ4n) is 4.21. The maximum Gasteiger partial charge on any atom is 0.224 e. The van der Waals surface area contributed by atoms with E-state index in [4.69, 9.17) is 5.73 Å². The van der Waals surface area contributed by atoms with Crippen molar-refractivity contribution in [1.29, 1.82) is 0 Å². The van der Waals surface area contributed by atoms with Crippen LogP contribution in [0.25, 0.3) is 0 Å². The monoisotopic (exact) mass is 458 g/mol. The topological polar surface area (TPSA) is 87.5 Å². The zero-order valence-corrected chi connectivity index (χ0v) is 19.2. The van der Waals surface area contributed by atoms with Gasteiger partial charge in [0.25, 0.3) is 0 Å². The molecule has 2 saturated heterocycles. The molecule has 170 valence electrons. The zero-order chi connectivity index (χ0) is 19.8. The maximum absolute atomic E-state index is 12.2. The molecule has 6 nitrogen and oxygen atoms in total. The molecule has 0 bridgehead atoms. The fourth-order valence-corrected chi connectivity index (χ4v) is 4.21. The summed E-state index contributed by atoms with van der Waals surface area (Å²) < 4.78 is 0. The Labute approximate surface area is 192 Å². The first kappa shape index (κ1) is 26.7. The fraction of sp³-hybridized carbons (Fsp3) is 0.636. The van der Waals surface area contributed by atoms with Crippen molar-refractivity contribution >= 4 is 42.3 Å². The molecule has 0 aromatic heterocycles. The number of nitrogens with two attached hydrogens (primary N) is 1. The van der Waals surface area contributed by atoms with E-state index in [2.05, 4.69) is 27.7 Å². The molecule has 2 heterocycles. The Morgan fingerprint density at radius 1 is 1.03 bits per heavy atom. The van der Waals surface area contributed by atoms with Gasteiger partial charge in [-0.25, -0.2) is 0 Å². The van der Waals surface area contributed by atoms with Crippen LogP contribution in [0, 0.1) is 11.8 Å². The molecule has 3 rings (SSSR count). The maximum atomic E-state index is 12.2. The van der Waals surface area contributed by atoms with Crippen molar-refractivity contribution in [3.63, 3.8) is 0 Å². The second kappa shape index (κ2) is 13.9. The number of benzene rings is 1. The molecular formula is C22H36Cl2N4O2. The van der Waals surface area contributed by atoms with E-state index in [1.54, 1.807) is 0 Å². The number of carbonyl (C=O) groups is 2. The number of amides is 2. The van der Waals surface area contributed by atoms with Crippen LogP contribution in [0.4, 0.5) is 5.69 Å². The number of rotatable bonds is 8. The molecule has 0 spiro atoms. The molecule has 30 heavy (non-hydrogen) atoms. The quantitative estimate of drug-likeness (QED) is 0.558. The molecular weight excluding hydrogens is 423 g/mol. The third kappa shape index (κ3) is 8.80. The van der Waals surface area contributed by atoms with Gasteiger partial charge in [-0.15, -0.1) is 24.8 Å². The number of likely N-dealkylation sites (tertiary alicyclic amines) is 1. The molecule has 2 fully saturated rings. The molecule has 2 amide bonds. The Hall–Kier alpha value is -1.34. The lowest BCUT2D eigenvalue weighted by atomic mass is 9.93. The Bertz CT molecular complexity index is 643. The van der Waals surface area contributed by atoms with Crippen LogP contribution in [0.2, 0.25) is 0 Å². The molecule has 2 aliphatic rings. The number of nitrogens with zero attached hydrogens (tertiary/aromatic N) is 1. The molecule has 1 aromatic carbocycles. The van der Waals surface area contributed by atoms with Crippen molar-refractivity contribution in [2.45, 2.75) is 44.9 Å². The van der Waals surface area contributed by atoms with Crippen molar-refractivity contribution in [2.75, 3.05) is 38.0 Å². The number of carbonyl (C=O) groups excluding carboxylic acids is 2. The smallest absolute Gasteiger partial charge is 0.224 e. The first-order chi connectivity index (χ1) is 13.6. The second-order valence-electron chi connectivity index (χ2n) is 8.25. The van der Waals surface area contributed by atoms with Crippen LogP contribution >= 0.6 is 24.8 Å². The summed E-state index contributed by atoms with van der Waals surface area (Å²) in [6, 6.07) is 8.19. The predicted molar refractivity (Wildman–Crippen MR) is 126 cm³/mol. The standard InChI is InChI=1S/C22H34N4O2.2ClH/c23-22(28)19-10-15-26(16-11-19)14-9-17-1-4-20(5-2-17)25-21(27)6-3-18-7-12-24-13-8-18;;/h1-2,4-5,18-19,24H,3,6-16H2,(H2,23,28)(H,25,27);2*1H. The lowest BCUT2D eigenvalue weighted by Gasteiger charge is -2.30. The molecule has 0 saturated carbocycles. The average Bonchev–Trinajstić information content (AvgIpc) is 2.73. The van der Waals surface area contributed by atoms with Crippen LogP contribution in [0.3, 0.4) is 0 Å². The van der Waals surface area contributed by atoms with E-state index in [0.29, 0.717) is 12.3 Å². The van der Waals surface area contributed by atoms with Crippen LogP contribution in [0.1, 0.15) is 44.1 Å². The minimum atomic E-state index is -0.159. The van der Waals surface area contributed by atoms with Gasteiger partial charge in [-0.2, -0.15) is 0 Å². The van der Waals surface area contributed by atoms with Crippen molar-refractivity contribution in [2.24, 2.45) is 17.6 Å². The highest BCUT2D eigenvalue weighted by Crippen LogP contribution is 2.19. The van der Waals surface area contributed by atoms with E-state index in [1.807, 2.05) is 12.1 Å². The van der Waals surface area contributed by atoms with Crippen LogP contribution in [0.5, 0.6) is 0 Å². The summed E-state index contributed by atoms with van der Waals surface area (Å²) in [5, 5.41) is 6.38. The summed E-state index contributed by atoms with van der Waals surface area (Å²) in [5.41, 5.74) is 7.54. The van der Waals surface area contributed by atoms with Crippen LogP contribution in [-0.2, 0) is 16.0 Å².